The lowest BCUT2D eigenvalue weighted by Crippen LogP contribution is -2.35. The third-order valence-electron chi connectivity index (χ3n) is 5.13. The summed E-state index contributed by atoms with van der Waals surface area (Å²) < 4.78 is 54.5. The number of carbonyl (C=O) groups excluding carboxylic acids is 1. The first-order valence-corrected chi connectivity index (χ1v) is 9.94. The number of fused-ring (bicyclic) bond motifs is 1. The molecule has 0 aliphatic carbocycles. The van der Waals surface area contributed by atoms with E-state index in [0.29, 0.717) is 29.6 Å². The fourth-order valence-corrected chi connectivity index (χ4v) is 3.90. The Kier molecular flexibility index (Phi) is 5.78. The number of halogens is 5. The van der Waals surface area contributed by atoms with Gasteiger partial charge in [-0.15, -0.1) is 0 Å². The summed E-state index contributed by atoms with van der Waals surface area (Å²) in [4.78, 5) is 35.1. The first kappa shape index (κ1) is 22.6. The van der Waals surface area contributed by atoms with E-state index in [2.05, 4.69) is 20.2 Å². The van der Waals surface area contributed by atoms with Crippen molar-refractivity contribution in [2.45, 2.75) is 26.1 Å². The van der Waals surface area contributed by atoms with E-state index in [9.17, 15) is 27.2 Å². The molecule has 0 unspecified atom stereocenters. The normalized spacial score (nSPS) is 13.6. The molecular formula is C20H15ClF4N6O2. The number of amides is 1. The quantitative estimate of drug-likeness (QED) is 0.573. The van der Waals surface area contributed by atoms with Crippen LogP contribution in [0.1, 0.15) is 23.7 Å². The number of aromatic amines is 1. The molecule has 2 aromatic heterocycles. The van der Waals surface area contributed by atoms with Gasteiger partial charge in [0.25, 0.3) is 5.56 Å². The number of alkyl halides is 3. The minimum atomic E-state index is -4.90. The van der Waals surface area contributed by atoms with E-state index in [0.717, 1.165) is 30.3 Å². The van der Waals surface area contributed by atoms with Crippen molar-refractivity contribution in [2.24, 2.45) is 0 Å². The minimum Gasteiger partial charge on any atom is -0.363 e. The van der Waals surface area contributed by atoms with Crippen LogP contribution in [0.15, 0.2) is 35.5 Å². The molecule has 0 saturated heterocycles. The average molecular weight is 483 g/mol. The molecule has 1 amide bonds. The molecule has 0 atom stereocenters. The minimum absolute atomic E-state index is 0.0283. The largest absolute Gasteiger partial charge is 0.418 e. The summed E-state index contributed by atoms with van der Waals surface area (Å²) >= 11 is 6.08. The number of carbonyl (C=O) groups is 1. The highest BCUT2D eigenvalue weighted by atomic mass is 35.5. The number of nitrogens with one attached hydrogen (secondary N) is 1. The molecule has 4 rings (SSSR count). The Morgan fingerprint density at radius 3 is 2.73 bits per heavy atom. The lowest BCUT2D eigenvalue weighted by atomic mass is 10.0. The van der Waals surface area contributed by atoms with E-state index in [1.165, 1.54) is 6.20 Å². The highest BCUT2D eigenvalue weighted by Crippen LogP contribution is 2.41. The molecule has 172 valence electrons. The molecular weight excluding hydrogens is 468 g/mol. The molecule has 13 heteroatoms. The maximum atomic E-state index is 13.6. The number of anilines is 3. The second-order valence-corrected chi connectivity index (χ2v) is 7.58. The number of aromatic nitrogens is 4. The van der Waals surface area contributed by atoms with Gasteiger partial charge in [-0.3, -0.25) is 14.5 Å². The molecule has 0 radical (unpaired) electrons. The Bertz CT molecular complexity index is 1300. The van der Waals surface area contributed by atoms with Gasteiger partial charge in [-0.05, 0) is 24.6 Å². The fourth-order valence-electron chi connectivity index (χ4n) is 3.69. The Balaban J connectivity index is 1.80. The molecule has 1 aromatic carbocycles. The second kappa shape index (κ2) is 8.43. The summed E-state index contributed by atoms with van der Waals surface area (Å²) in [5.41, 5.74) is -1.15. The highest BCUT2D eigenvalue weighted by Gasteiger charge is 2.38. The lowest BCUT2D eigenvalue weighted by molar-refractivity contribution is -0.137. The molecule has 33 heavy (non-hydrogen) atoms. The first-order valence-electron chi connectivity index (χ1n) is 9.56. The van der Waals surface area contributed by atoms with Crippen molar-refractivity contribution in [3.05, 3.63) is 68.7 Å². The van der Waals surface area contributed by atoms with Gasteiger partial charge in [-0.25, -0.2) is 19.5 Å². The van der Waals surface area contributed by atoms with Gasteiger partial charge >= 0.3 is 6.18 Å². The van der Waals surface area contributed by atoms with Crippen LogP contribution in [0.25, 0.3) is 0 Å². The van der Waals surface area contributed by atoms with Crippen molar-refractivity contribution in [3.63, 3.8) is 0 Å². The zero-order valence-electron chi connectivity index (χ0n) is 17.0. The number of H-pyrrole nitrogens is 1. The van der Waals surface area contributed by atoms with Crippen molar-refractivity contribution in [3.8, 4) is 0 Å². The van der Waals surface area contributed by atoms with Crippen molar-refractivity contribution in [1.29, 1.82) is 0 Å². The van der Waals surface area contributed by atoms with Gasteiger partial charge in [0.2, 0.25) is 5.91 Å². The van der Waals surface area contributed by atoms with Crippen LogP contribution in [0.5, 0.6) is 0 Å². The van der Waals surface area contributed by atoms with Gasteiger partial charge in [0.15, 0.2) is 0 Å². The van der Waals surface area contributed by atoms with Gasteiger partial charge in [0.05, 0.1) is 35.4 Å². The Labute approximate surface area is 188 Å². The van der Waals surface area contributed by atoms with Crippen LogP contribution >= 0.6 is 11.6 Å². The van der Waals surface area contributed by atoms with Crippen LogP contribution in [0, 0.1) is 5.82 Å². The molecule has 1 aliphatic heterocycles. The van der Waals surface area contributed by atoms with Gasteiger partial charge in [-0.2, -0.15) is 18.3 Å². The summed E-state index contributed by atoms with van der Waals surface area (Å²) in [5, 5.41) is 5.90. The zero-order valence-corrected chi connectivity index (χ0v) is 17.7. The second-order valence-electron chi connectivity index (χ2n) is 7.21. The molecule has 8 nitrogen and oxygen atoms in total. The third kappa shape index (κ3) is 4.25. The van der Waals surface area contributed by atoms with Gasteiger partial charge in [0, 0.05) is 19.0 Å². The molecule has 1 aliphatic rings. The van der Waals surface area contributed by atoms with Crippen molar-refractivity contribution in [1.82, 2.24) is 20.2 Å². The van der Waals surface area contributed by atoms with Gasteiger partial charge < -0.3 is 4.90 Å². The molecule has 0 fully saturated rings. The van der Waals surface area contributed by atoms with Crippen LogP contribution in [-0.4, -0.2) is 32.6 Å². The topological polar surface area (TPSA) is 95.1 Å². The summed E-state index contributed by atoms with van der Waals surface area (Å²) in [6, 6.07) is 2.07. The lowest BCUT2D eigenvalue weighted by Gasteiger charge is -2.33. The molecule has 0 saturated carbocycles. The number of benzene rings is 1. The smallest absolute Gasteiger partial charge is 0.363 e. The summed E-state index contributed by atoms with van der Waals surface area (Å²) in [7, 11) is 0. The van der Waals surface area contributed by atoms with Crippen molar-refractivity contribution >= 4 is 34.7 Å². The van der Waals surface area contributed by atoms with E-state index in [1.54, 1.807) is 4.90 Å². The average Bonchev–Trinajstić information content (AvgIpc) is 2.75. The van der Waals surface area contributed by atoms with Crippen LogP contribution in [0.3, 0.4) is 0 Å². The maximum Gasteiger partial charge on any atom is 0.418 e. The predicted octanol–water partition coefficient (Wildman–Crippen LogP) is 3.62. The molecule has 0 spiro atoms. The van der Waals surface area contributed by atoms with E-state index in [-0.39, 0.29) is 23.8 Å². The SMILES string of the molecule is CC(=O)N(c1ccc(F)cc1C(F)(F)F)c1ncnc2c1CCN(c1cn[nH]c(=O)c1Cl)C2. The Morgan fingerprint density at radius 1 is 1.27 bits per heavy atom. The fraction of sp³-hybridized carbons (Fsp3) is 0.250. The monoisotopic (exact) mass is 482 g/mol. The number of hydrogen-bond acceptors (Lipinski definition) is 6. The molecule has 0 bridgehead atoms. The number of rotatable bonds is 3. The number of nitrogens with zero attached hydrogens (tertiary/aromatic N) is 5. The van der Waals surface area contributed by atoms with Crippen LogP contribution in [-0.2, 0) is 23.9 Å². The standard InChI is InChI=1S/C20H15ClF4N6O2/c1-10(32)31(15-3-2-11(22)6-13(15)20(23,24)25)18-12-4-5-30(8-14(12)26-9-27-18)16-7-28-29-19(33)17(16)21/h2-3,6-7,9H,4-5,8H2,1H3,(H,29,33). The molecule has 3 aromatic rings. The van der Waals surface area contributed by atoms with Crippen molar-refractivity contribution < 1.29 is 22.4 Å². The Morgan fingerprint density at radius 2 is 2.03 bits per heavy atom. The van der Waals surface area contributed by atoms with Crippen LogP contribution < -0.4 is 15.4 Å². The van der Waals surface area contributed by atoms with E-state index in [4.69, 9.17) is 11.6 Å². The summed E-state index contributed by atoms with van der Waals surface area (Å²) in [6.07, 6.45) is -2.16. The molecule has 1 N–H and O–H groups in total. The zero-order chi connectivity index (χ0) is 23.9. The highest BCUT2D eigenvalue weighted by molar-refractivity contribution is 6.33. The van der Waals surface area contributed by atoms with E-state index in [1.807, 2.05) is 0 Å². The van der Waals surface area contributed by atoms with E-state index < -0.39 is 34.7 Å². The summed E-state index contributed by atoms with van der Waals surface area (Å²) in [5.74, 6) is -1.85. The summed E-state index contributed by atoms with van der Waals surface area (Å²) in [6.45, 7) is 1.55. The van der Waals surface area contributed by atoms with Gasteiger partial charge in [-0.1, -0.05) is 11.6 Å². The first-order chi connectivity index (χ1) is 15.6. The van der Waals surface area contributed by atoms with Crippen molar-refractivity contribution in [2.75, 3.05) is 16.3 Å². The Hall–Kier alpha value is -3.54. The number of hydrogen-bond donors (Lipinski definition) is 1. The van der Waals surface area contributed by atoms with Gasteiger partial charge in [0.1, 0.15) is 23.0 Å². The van der Waals surface area contributed by atoms with Crippen LogP contribution in [0.2, 0.25) is 5.02 Å². The predicted molar refractivity (Wildman–Crippen MR) is 111 cm³/mol. The third-order valence-corrected chi connectivity index (χ3v) is 5.50. The van der Waals surface area contributed by atoms with Crippen LogP contribution in [0.4, 0.5) is 34.8 Å². The maximum absolute atomic E-state index is 13.6. The van der Waals surface area contributed by atoms with E-state index >= 15 is 0 Å². The molecule has 3 heterocycles.